The minimum absolute atomic E-state index is 0.0386. The molecule has 0 unspecified atom stereocenters. The Hall–Kier alpha value is -1.64. The van der Waals surface area contributed by atoms with Crippen molar-refractivity contribution in [3.05, 3.63) is 30.3 Å². The second kappa shape index (κ2) is 5.17. The van der Waals surface area contributed by atoms with Gasteiger partial charge in [0.1, 0.15) is 6.29 Å². The molecule has 0 bridgehead atoms. The zero-order chi connectivity index (χ0) is 10.4. The number of carbonyl (C=O) groups excluding carboxylic acids is 2. The Morgan fingerprint density at radius 1 is 1.36 bits per heavy atom. The number of benzene rings is 1. The van der Waals surface area contributed by atoms with Crippen LogP contribution in [-0.4, -0.2) is 18.7 Å². The van der Waals surface area contributed by atoms with E-state index >= 15 is 0 Å². The average molecular weight is 191 g/mol. The van der Waals surface area contributed by atoms with Crippen molar-refractivity contribution in [1.29, 1.82) is 0 Å². The second-order valence-electron chi connectivity index (χ2n) is 2.86. The Morgan fingerprint density at radius 2 is 2.00 bits per heavy atom. The number of nitrogens with zero attached hydrogens (tertiary/aromatic N) is 1. The summed E-state index contributed by atoms with van der Waals surface area (Å²) in [5.74, 6) is -0.0386. The lowest BCUT2D eigenvalue weighted by Gasteiger charge is -2.19. The van der Waals surface area contributed by atoms with Crippen LogP contribution in [0.4, 0.5) is 5.69 Å². The van der Waals surface area contributed by atoms with Crippen molar-refractivity contribution >= 4 is 17.9 Å². The number of anilines is 1. The lowest BCUT2D eigenvalue weighted by Crippen LogP contribution is -2.31. The number of hydrogen-bond acceptors (Lipinski definition) is 2. The molecule has 1 aromatic carbocycles. The highest BCUT2D eigenvalue weighted by Gasteiger charge is 2.11. The van der Waals surface area contributed by atoms with Crippen LogP contribution in [0.3, 0.4) is 0 Å². The summed E-state index contributed by atoms with van der Waals surface area (Å²) in [5, 5.41) is 0. The van der Waals surface area contributed by atoms with Crippen molar-refractivity contribution in [2.75, 3.05) is 11.4 Å². The first kappa shape index (κ1) is 10.4. The summed E-state index contributed by atoms with van der Waals surface area (Å²) < 4.78 is 0. The molecule has 1 aromatic rings. The third-order valence-corrected chi connectivity index (χ3v) is 1.93. The molecule has 0 aliphatic rings. The van der Waals surface area contributed by atoms with Gasteiger partial charge in [0, 0.05) is 12.1 Å². The van der Waals surface area contributed by atoms with Crippen LogP contribution < -0.4 is 4.90 Å². The van der Waals surface area contributed by atoms with Gasteiger partial charge in [-0.15, -0.1) is 0 Å². The first-order valence-corrected chi connectivity index (χ1v) is 4.58. The lowest BCUT2D eigenvalue weighted by molar-refractivity contribution is -0.119. The highest BCUT2D eigenvalue weighted by molar-refractivity contribution is 5.95. The van der Waals surface area contributed by atoms with E-state index in [1.54, 1.807) is 6.92 Å². The highest BCUT2D eigenvalue weighted by Crippen LogP contribution is 2.13. The average Bonchev–Trinajstić information content (AvgIpc) is 2.26. The zero-order valence-electron chi connectivity index (χ0n) is 8.14. The van der Waals surface area contributed by atoms with Crippen LogP contribution in [-0.2, 0) is 9.59 Å². The van der Waals surface area contributed by atoms with Crippen molar-refractivity contribution < 1.29 is 9.59 Å². The van der Waals surface area contributed by atoms with E-state index in [2.05, 4.69) is 0 Å². The summed E-state index contributed by atoms with van der Waals surface area (Å²) in [6.07, 6.45) is 1.14. The Morgan fingerprint density at radius 3 is 2.50 bits per heavy atom. The molecule has 0 aliphatic heterocycles. The number of amides is 1. The summed E-state index contributed by atoms with van der Waals surface area (Å²) in [6.45, 7) is 1.90. The molecule has 74 valence electrons. The molecule has 14 heavy (non-hydrogen) atoms. The molecule has 1 rings (SSSR count). The molecule has 0 atom stereocenters. The topological polar surface area (TPSA) is 37.4 Å². The molecule has 0 aromatic heterocycles. The molecular formula is C11H13NO2. The van der Waals surface area contributed by atoms with Gasteiger partial charge in [-0.3, -0.25) is 4.79 Å². The molecule has 3 heteroatoms. The largest absolute Gasteiger partial charge is 0.305 e. The van der Waals surface area contributed by atoms with Crippen molar-refractivity contribution in [3.63, 3.8) is 0 Å². The van der Waals surface area contributed by atoms with Crippen LogP contribution in [0, 0.1) is 0 Å². The van der Waals surface area contributed by atoms with E-state index in [1.165, 1.54) is 4.90 Å². The van der Waals surface area contributed by atoms with Gasteiger partial charge >= 0.3 is 0 Å². The number of hydrogen-bond donors (Lipinski definition) is 0. The lowest BCUT2D eigenvalue weighted by atomic mass is 10.2. The number of rotatable bonds is 4. The number of aldehydes is 1. The van der Waals surface area contributed by atoms with Gasteiger partial charge in [0.05, 0.1) is 6.54 Å². The summed E-state index contributed by atoms with van der Waals surface area (Å²) in [7, 11) is 0. The standard InChI is InChI=1S/C11H13NO2/c1-2-11(14)12(8-9-13)10-6-4-3-5-7-10/h3-7,9H,2,8H2,1H3. The first-order chi connectivity index (χ1) is 6.79. The first-order valence-electron chi connectivity index (χ1n) is 4.58. The third kappa shape index (κ3) is 2.42. The fourth-order valence-electron chi connectivity index (χ4n) is 1.22. The SMILES string of the molecule is CCC(=O)N(CC=O)c1ccccc1. The van der Waals surface area contributed by atoms with E-state index in [-0.39, 0.29) is 12.5 Å². The van der Waals surface area contributed by atoms with E-state index in [9.17, 15) is 9.59 Å². The van der Waals surface area contributed by atoms with Gasteiger partial charge < -0.3 is 9.69 Å². The maximum absolute atomic E-state index is 11.5. The van der Waals surface area contributed by atoms with Crippen LogP contribution in [0.15, 0.2) is 30.3 Å². The molecule has 0 saturated heterocycles. The van der Waals surface area contributed by atoms with Crippen LogP contribution in [0.1, 0.15) is 13.3 Å². The minimum atomic E-state index is -0.0386. The van der Waals surface area contributed by atoms with Crippen LogP contribution in [0.25, 0.3) is 0 Å². The summed E-state index contributed by atoms with van der Waals surface area (Å²) in [6, 6.07) is 9.19. The van der Waals surface area contributed by atoms with Gasteiger partial charge in [-0.05, 0) is 12.1 Å². The third-order valence-electron chi connectivity index (χ3n) is 1.93. The summed E-state index contributed by atoms with van der Waals surface area (Å²) >= 11 is 0. The molecule has 0 saturated carbocycles. The molecule has 0 spiro atoms. The normalized spacial score (nSPS) is 9.50. The Balaban J connectivity index is 2.88. The van der Waals surface area contributed by atoms with E-state index in [4.69, 9.17) is 0 Å². The Kier molecular flexibility index (Phi) is 3.85. The van der Waals surface area contributed by atoms with E-state index < -0.39 is 0 Å². The predicted octanol–water partition coefficient (Wildman–Crippen LogP) is 1.63. The molecular weight excluding hydrogens is 178 g/mol. The van der Waals surface area contributed by atoms with Crippen molar-refractivity contribution in [1.82, 2.24) is 0 Å². The quantitative estimate of drug-likeness (QED) is 0.678. The van der Waals surface area contributed by atoms with Crippen LogP contribution in [0.2, 0.25) is 0 Å². The van der Waals surface area contributed by atoms with Crippen molar-refractivity contribution in [2.24, 2.45) is 0 Å². The van der Waals surface area contributed by atoms with Crippen LogP contribution >= 0.6 is 0 Å². The van der Waals surface area contributed by atoms with E-state index in [0.29, 0.717) is 6.42 Å². The molecule has 0 N–H and O–H groups in total. The summed E-state index contributed by atoms with van der Waals surface area (Å²) in [5.41, 5.74) is 0.770. The fourth-order valence-corrected chi connectivity index (χ4v) is 1.22. The highest BCUT2D eigenvalue weighted by atomic mass is 16.2. The van der Waals surface area contributed by atoms with Gasteiger partial charge in [0.25, 0.3) is 0 Å². The molecule has 1 amide bonds. The zero-order valence-corrected chi connectivity index (χ0v) is 8.14. The van der Waals surface area contributed by atoms with Gasteiger partial charge in [-0.2, -0.15) is 0 Å². The van der Waals surface area contributed by atoms with E-state index in [0.717, 1.165) is 12.0 Å². The maximum atomic E-state index is 11.5. The monoisotopic (exact) mass is 191 g/mol. The van der Waals surface area contributed by atoms with E-state index in [1.807, 2.05) is 30.3 Å². The number of para-hydroxylation sites is 1. The summed E-state index contributed by atoms with van der Waals surface area (Å²) in [4.78, 5) is 23.4. The predicted molar refractivity (Wildman–Crippen MR) is 55.2 cm³/mol. The second-order valence-corrected chi connectivity index (χ2v) is 2.86. The van der Waals surface area contributed by atoms with Crippen molar-refractivity contribution in [2.45, 2.75) is 13.3 Å². The van der Waals surface area contributed by atoms with Gasteiger partial charge in [0.2, 0.25) is 5.91 Å². The van der Waals surface area contributed by atoms with Gasteiger partial charge in [0.15, 0.2) is 0 Å². The molecule has 0 radical (unpaired) electrons. The Labute approximate surface area is 83.3 Å². The molecule has 0 heterocycles. The number of carbonyl (C=O) groups is 2. The maximum Gasteiger partial charge on any atom is 0.227 e. The van der Waals surface area contributed by atoms with Crippen molar-refractivity contribution in [3.8, 4) is 0 Å². The Bertz CT molecular complexity index is 308. The molecule has 0 fully saturated rings. The van der Waals surface area contributed by atoms with Gasteiger partial charge in [-0.25, -0.2) is 0 Å². The van der Waals surface area contributed by atoms with Gasteiger partial charge in [-0.1, -0.05) is 25.1 Å². The minimum Gasteiger partial charge on any atom is -0.305 e. The molecule has 0 aliphatic carbocycles. The smallest absolute Gasteiger partial charge is 0.227 e. The fraction of sp³-hybridized carbons (Fsp3) is 0.273. The van der Waals surface area contributed by atoms with Crippen LogP contribution in [0.5, 0.6) is 0 Å². The molecule has 3 nitrogen and oxygen atoms in total.